The first-order valence-electron chi connectivity index (χ1n) is 13.2. The third kappa shape index (κ3) is 5.29. The number of nitrogens with zero attached hydrogens (tertiary/aromatic N) is 4. The maximum absolute atomic E-state index is 12.3. The van der Waals surface area contributed by atoms with Gasteiger partial charge in [-0.3, -0.25) is 14.8 Å². The number of carbonyl (C=O) groups is 1. The van der Waals surface area contributed by atoms with Gasteiger partial charge in [0.1, 0.15) is 0 Å². The monoisotopic (exact) mass is 538 g/mol. The van der Waals surface area contributed by atoms with Crippen LogP contribution in [0.25, 0.3) is 0 Å². The number of hydrogen-bond donors (Lipinski definition) is 2. The van der Waals surface area contributed by atoms with Gasteiger partial charge < -0.3 is 20.1 Å². The summed E-state index contributed by atoms with van der Waals surface area (Å²) in [5.74, 6) is -0.0933. The average molecular weight is 539 g/mol. The van der Waals surface area contributed by atoms with Gasteiger partial charge >= 0.3 is 0 Å². The summed E-state index contributed by atoms with van der Waals surface area (Å²) >= 11 is 5.95. The van der Waals surface area contributed by atoms with Gasteiger partial charge in [-0.25, -0.2) is 0 Å². The molecule has 1 aromatic carbocycles. The molecule has 1 amide bonds. The number of carbonyl (C=O) groups excluding carboxylic acids is 1. The number of aromatic nitrogens is 3. The van der Waals surface area contributed by atoms with Crippen LogP contribution in [0.15, 0.2) is 73.2 Å². The molecule has 2 atom stereocenters. The van der Waals surface area contributed by atoms with Crippen molar-refractivity contribution in [1.82, 2.24) is 19.9 Å². The van der Waals surface area contributed by atoms with Crippen LogP contribution in [0.4, 0.5) is 11.4 Å². The second-order valence-corrected chi connectivity index (χ2v) is 10.8. The lowest BCUT2D eigenvalue weighted by Gasteiger charge is -2.29. The summed E-state index contributed by atoms with van der Waals surface area (Å²) in [7, 11) is 0. The number of nitrogens with one attached hydrogen (secondary N) is 2. The van der Waals surface area contributed by atoms with E-state index in [4.69, 9.17) is 17.2 Å². The Bertz CT molecular complexity index is 1500. The zero-order valence-corrected chi connectivity index (χ0v) is 23.8. The van der Waals surface area contributed by atoms with Crippen molar-refractivity contribution >= 4 is 34.6 Å². The predicted molar refractivity (Wildman–Crippen MR) is 160 cm³/mol. The zero-order chi connectivity index (χ0) is 27.7. The first-order chi connectivity index (χ1) is 18.7. The van der Waals surface area contributed by atoms with Crippen LogP contribution in [0.3, 0.4) is 0 Å². The Kier molecular flexibility index (Phi) is 7.48. The standard InChI is InChI=1S/C31H34N6OS/c1-19(2)30(38)34-26-10-9-24(16-20(26)3)37-29(28(35-31(37)39)27-8-6-7-13-33-27)25-17-21(4)36(22(25)5)18-23-11-14-32-15-12-23/h6-17,19,28-29H,18H2,1-5H3,(H,34,38)(H,35,39)/t28-,29+/m0/s1. The lowest BCUT2D eigenvalue weighted by atomic mass is 9.96. The molecule has 3 aromatic heterocycles. The number of anilines is 2. The summed E-state index contributed by atoms with van der Waals surface area (Å²) in [6.07, 6.45) is 5.49. The molecule has 0 bridgehead atoms. The lowest BCUT2D eigenvalue weighted by molar-refractivity contribution is -0.118. The van der Waals surface area contributed by atoms with E-state index in [0.717, 1.165) is 29.2 Å². The van der Waals surface area contributed by atoms with Crippen molar-refractivity contribution in [2.75, 3.05) is 10.2 Å². The van der Waals surface area contributed by atoms with Crippen molar-refractivity contribution < 1.29 is 4.79 Å². The van der Waals surface area contributed by atoms with Gasteiger partial charge in [0.2, 0.25) is 5.91 Å². The van der Waals surface area contributed by atoms with Crippen molar-refractivity contribution in [2.24, 2.45) is 5.92 Å². The number of hydrogen-bond acceptors (Lipinski definition) is 4. The first-order valence-corrected chi connectivity index (χ1v) is 13.6. The SMILES string of the molecule is Cc1cc(N2C(=S)N[C@@H](c3ccccn3)[C@H]2c2cc(C)n(Cc3ccncc3)c2C)ccc1NC(=O)C(C)C. The van der Waals surface area contributed by atoms with Crippen molar-refractivity contribution in [1.29, 1.82) is 0 Å². The molecule has 39 heavy (non-hydrogen) atoms. The molecule has 4 aromatic rings. The highest BCUT2D eigenvalue weighted by Crippen LogP contribution is 2.44. The van der Waals surface area contributed by atoms with E-state index in [2.05, 4.69) is 63.2 Å². The molecule has 0 radical (unpaired) electrons. The molecule has 0 saturated carbocycles. The molecule has 1 saturated heterocycles. The largest absolute Gasteiger partial charge is 0.351 e. The summed E-state index contributed by atoms with van der Waals surface area (Å²) in [6, 6.07) is 18.2. The van der Waals surface area contributed by atoms with E-state index in [1.54, 1.807) is 0 Å². The van der Waals surface area contributed by atoms with Gasteiger partial charge in [-0.15, -0.1) is 0 Å². The summed E-state index contributed by atoms with van der Waals surface area (Å²) in [5.41, 5.74) is 8.45. The third-order valence-electron chi connectivity index (χ3n) is 7.39. The summed E-state index contributed by atoms with van der Waals surface area (Å²) in [4.78, 5) is 23.4. The van der Waals surface area contributed by atoms with Crippen LogP contribution >= 0.6 is 12.2 Å². The van der Waals surface area contributed by atoms with Crippen molar-refractivity contribution in [2.45, 2.75) is 53.2 Å². The molecule has 1 fully saturated rings. The highest BCUT2D eigenvalue weighted by Gasteiger charge is 2.42. The summed E-state index contributed by atoms with van der Waals surface area (Å²) < 4.78 is 2.34. The van der Waals surface area contributed by atoms with Crippen molar-refractivity contribution in [3.63, 3.8) is 0 Å². The van der Waals surface area contributed by atoms with Crippen LogP contribution in [0.1, 0.15) is 59.7 Å². The first kappa shape index (κ1) is 26.6. The van der Waals surface area contributed by atoms with Gasteiger partial charge in [-0.05, 0) is 98.2 Å². The molecule has 4 heterocycles. The quantitative estimate of drug-likeness (QED) is 0.280. The van der Waals surface area contributed by atoms with E-state index in [1.165, 1.54) is 22.5 Å². The zero-order valence-electron chi connectivity index (χ0n) is 23.0. The number of rotatable bonds is 7. The molecule has 200 valence electrons. The fraction of sp³-hybridized carbons (Fsp3) is 0.290. The van der Waals surface area contributed by atoms with Gasteiger partial charge in [0.25, 0.3) is 0 Å². The lowest BCUT2D eigenvalue weighted by Crippen LogP contribution is -2.29. The second kappa shape index (κ2) is 11.0. The van der Waals surface area contributed by atoms with Crippen LogP contribution in [-0.2, 0) is 11.3 Å². The summed E-state index contributed by atoms with van der Waals surface area (Å²) in [6.45, 7) is 10.9. The van der Waals surface area contributed by atoms with Crippen LogP contribution in [0, 0.1) is 26.7 Å². The van der Waals surface area contributed by atoms with Crippen molar-refractivity contribution in [3.8, 4) is 0 Å². The van der Waals surface area contributed by atoms with Gasteiger partial charge in [-0.2, -0.15) is 0 Å². The Morgan fingerprint density at radius 1 is 1.05 bits per heavy atom. The van der Waals surface area contributed by atoms with E-state index in [0.29, 0.717) is 5.11 Å². The van der Waals surface area contributed by atoms with Crippen LogP contribution in [0.5, 0.6) is 0 Å². The second-order valence-electron chi connectivity index (χ2n) is 10.4. The predicted octanol–water partition coefficient (Wildman–Crippen LogP) is 6.02. The molecule has 0 unspecified atom stereocenters. The molecule has 0 spiro atoms. The molecule has 1 aliphatic rings. The molecule has 7 nitrogen and oxygen atoms in total. The topological polar surface area (TPSA) is 75.1 Å². The minimum Gasteiger partial charge on any atom is -0.351 e. The number of benzene rings is 1. The molecule has 1 aliphatic heterocycles. The maximum atomic E-state index is 12.3. The number of pyridine rings is 2. The van der Waals surface area contributed by atoms with E-state index < -0.39 is 0 Å². The fourth-order valence-corrected chi connectivity index (χ4v) is 5.55. The Morgan fingerprint density at radius 2 is 1.82 bits per heavy atom. The van der Waals surface area contributed by atoms with Crippen LogP contribution in [-0.4, -0.2) is 25.6 Å². The number of thiocarbonyl (C=S) groups is 1. The van der Waals surface area contributed by atoms with Gasteiger partial charge in [-0.1, -0.05) is 19.9 Å². The molecule has 2 N–H and O–H groups in total. The van der Waals surface area contributed by atoms with Gasteiger partial charge in [0, 0.05) is 53.8 Å². The minimum absolute atomic E-state index is 0.000982. The van der Waals surface area contributed by atoms with E-state index in [-0.39, 0.29) is 23.9 Å². The van der Waals surface area contributed by atoms with Gasteiger partial charge in [0.05, 0.1) is 17.8 Å². The van der Waals surface area contributed by atoms with E-state index >= 15 is 0 Å². The van der Waals surface area contributed by atoms with Gasteiger partial charge in [0.15, 0.2) is 5.11 Å². The Labute approximate surface area is 235 Å². The third-order valence-corrected chi connectivity index (χ3v) is 7.70. The Morgan fingerprint density at radius 3 is 2.49 bits per heavy atom. The molecule has 8 heteroatoms. The Balaban J connectivity index is 1.57. The Hall–Kier alpha value is -4.04. The molecule has 5 rings (SSSR count). The maximum Gasteiger partial charge on any atom is 0.226 e. The fourth-order valence-electron chi connectivity index (χ4n) is 5.21. The summed E-state index contributed by atoms with van der Waals surface area (Å²) in [5, 5.41) is 7.24. The number of aryl methyl sites for hydroxylation is 2. The molecule has 0 aliphatic carbocycles. The molecular weight excluding hydrogens is 504 g/mol. The smallest absolute Gasteiger partial charge is 0.226 e. The van der Waals surface area contributed by atoms with Crippen LogP contribution < -0.4 is 15.5 Å². The van der Waals surface area contributed by atoms with Crippen LogP contribution in [0.2, 0.25) is 0 Å². The van der Waals surface area contributed by atoms with Crippen molar-refractivity contribution in [3.05, 3.63) is 107 Å². The number of amides is 1. The van der Waals surface area contributed by atoms with E-state index in [9.17, 15) is 4.79 Å². The highest BCUT2D eigenvalue weighted by atomic mass is 32.1. The molecular formula is C31H34N6OS. The average Bonchev–Trinajstić information content (AvgIpc) is 3.41. The minimum atomic E-state index is -0.130. The normalized spacial score (nSPS) is 17.0. The highest BCUT2D eigenvalue weighted by molar-refractivity contribution is 7.80. The van der Waals surface area contributed by atoms with E-state index in [1.807, 2.05) is 69.7 Å².